The normalized spacial score (nSPS) is 11.8. The summed E-state index contributed by atoms with van der Waals surface area (Å²) in [7, 11) is 0. The topological polar surface area (TPSA) is 49.8 Å². The number of aromatic amines is 1. The molecule has 0 saturated heterocycles. The highest BCUT2D eigenvalue weighted by atomic mass is 35.5. The Hall–Kier alpha value is -1.56. The number of benzene rings is 2. The number of anilines is 1. The van der Waals surface area contributed by atoms with E-state index in [9.17, 15) is 4.79 Å². The maximum absolute atomic E-state index is 12.8. The van der Waals surface area contributed by atoms with Crippen LogP contribution >= 0.6 is 58.0 Å². The van der Waals surface area contributed by atoms with Crippen molar-refractivity contribution in [2.75, 3.05) is 5.32 Å². The number of nitrogens with one attached hydrogen (secondary N) is 2. The third-order valence-electron chi connectivity index (χ3n) is 3.53. The van der Waals surface area contributed by atoms with Crippen LogP contribution in [0.4, 0.5) is 5.69 Å². The van der Waals surface area contributed by atoms with Crippen molar-refractivity contribution >= 4 is 76.5 Å². The highest BCUT2D eigenvalue weighted by Gasteiger charge is 2.14. The molecule has 0 saturated carbocycles. The second-order valence-corrected chi connectivity index (χ2v) is 7.29. The number of H-pyrrole nitrogens is 1. The van der Waals surface area contributed by atoms with Crippen molar-refractivity contribution in [3.8, 4) is 5.69 Å². The molecule has 4 nitrogen and oxygen atoms in total. The fraction of sp³-hybridized carbons (Fsp3) is 0. The molecule has 26 heavy (non-hydrogen) atoms. The van der Waals surface area contributed by atoms with Crippen LogP contribution in [0.25, 0.3) is 18.5 Å². The molecule has 1 heterocycles. The summed E-state index contributed by atoms with van der Waals surface area (Å²) in [5, 5.41) is 7.99. The van der Waals surface area contributed by atoms with Gasteiger partial charge in [0.1, 0.15) is 5.69 Å². The molecule has 134 valence electrons. The average molecular weight is 450 g/mol. The highest BCUT2D eigenvalue weighted by molar-refractivity contribution is 6.43. The molecular weight excluding hydrogens is 439 g/mol. The van der Waals surface area contributed by atoms with Gasteiger partial charge in [0.05, 0.1) is 36.3 Å². The second kappa shape index (κ2) is 7.59. The van der Waals surface area contributed by atoms with E-state index in [0.29, 0.717) is 26.1 Å². The van der Waals surface area contributed by atoms with E-state index in [1.54, 1.807) is 18.2 Å². The first kappa shape index (κ1) is 19.2. The van der Waals surface area contributed by atoms with Gasteiger partial charge in [-0.2, -0.15) is 0 Å². The summed E-state index contributed by atoms with van der Waals surface area (Å²) in [6.07, 6.45) is 1.48. The van der Waals surface area contributed by atoms with Gasteiger partial charge in [-0.15, -0.1) is 0 Å². The summed E-state index contributed by atoms with van der Waals surface area (Å²) in [6.45, 7) is 3.84. The Balaban J connectivity index is 2.12. The molecule has 2 aromatic carbocycles. The first-order chi connectivity index (χ1) is 12.3. The summed E-state index contributed by atoms with van der Waals surface area (Å²) >= 11 is 30.4. The van der Waals surface area contributed by atoms with Crippen LogP contribution in [0.15, 0.2) is 35.1 Å². The summed E-state index contributed by atoms with van der Waals surface area (Å²) in [5.74, 6) is 0. The van der Waals surface area contributed by atoms with Gasteiger partial charge in [0.15, 0.2) is 0 Å². The Morgan fingerprint density at radius 1 is 1.04 bits per heavy atom. The predicted octanol–water partition coefficient (Wildman–Crippen LogP) is 4.69. The number of hydrogen-bond acceptors (Lipinski definition) is 2. The standard InChI is InChI=1S/C17H10Cl5N3O/c1-8-10(7-23-14-4-2-3-11(19)15(14)22)17(26)25(24-8)16-12(20)5-9(18)6-13(16)21/h2-7,23-24H,1H2. The van der Waals surface area contributed by atoms with E-state index in [2.05, 4.69) is 17.0 Å². The van der Waals surface area contributed by atoms with E-state index < -0.39 is 5.56 Å². The van der Waals surface area contributed by atoms with Gasteiger partial charge in [-0.05, 0) is 24.3 Å². The lowest BCUT2D eigenvalue weighted by molar-refractivity contribution is 0.839. The first-order valence-electron chi connectivity index (χ1n) is 7.15. The maximum atomic E-state index is 12.8. The van der Waals surface area contributed by atoms with Crippen molar-refractivity contribution in [2.24, 2.45) is 0 Å². The Kier molecular flexibility index (Phi) is 5.61. The maximum Gasteiger partial charge on any atom is 0.280 e. The first-order valence-corrected chi connectivity index (χ1v) is 9.04. The Morgan fingerprint density at radius 2 is 1.69 bits per heavy atom. The molecule has 2 N–H and O–H groups in total. The molecule has 9 heteroatoms. The number of nitrogens with zero attached hydrogens (tertiary/aromatic N) is 1. The highest BCUT2D eigenvalue weighted by Crippen LogP contribution is 2.31. The molecule has 0 aliphatic carbocycles. The molecule has 0 spiro atoms. The fourth-order valence-electron chi connectivity index (χ4n) is 2.32. The third-order valence-corrected chi connectivity index (χ3v) is 5.15. The Bertz CT molecular complexity index is 1140. The Labute approximate surface area is 173 Å². The summed E-state index contributed by atoms with van der Waals surface area (Å²) in [4.78, 5) is 12.8. The van der Waals surface area contributed by atoms with E-state index >= 15 is 0 Å². The second-order valence-electron chi connectivity index (χ2n) is 5.25. The van der Waals surface area contributed by atoms with Gasteiger partial charge in [0.25, 0.3) is 5.56 Å². The smallest absolute Gasteiger partial charge is 0.280 e. The fourth-order valence-corrected chi connectivity index (χ4v) is 3.66. The van der Waals surface area contributed by atoms with Crippen molar-refractivity contribution in [3.05, 3.63) is 76.4 Å². The molecule has 0 fully saturated rings. The molecule has 0 amide bonds. The summed E-state index contributed by atoms with van der Waals surface area (Å²) in [6, 6.07) is 8.11. The monoisotopic (exact) mass is 447 g/mol. The molecule has 3 aromatic rings. The van der Waals surface area contributed by atoms with E-state index in [4.69, 9.17) is 58.0 Å². The quantitative estimate of drug-likeness (QED) is 0.609. The molecular formula is C17H10Cl5N3O. The summed E-state index contributed by atoms with van der Waals surface area (Å²) < 4.78 is 1.20. The zero-order valence-electron chi connectivity index (χ0n) is 12.9. The predicted molar refractivity (Wildman–Crippen MR) is 111 cm³/mol. The van der Waals surface area contributed by atoms with Gasteiger partial charge in [-0.3, -0.25) is 9.89 Å². The minimum Gasteiger partial charge on any atom is -0.360 e. The minimum atomic E-state index is -0.397. The molecule has 3 rings (SSSR count). The molecule has 1 aromatic heterocycles. The van der Waals surface area contributed by atoms with Crippen LogP contribution in [-0.4, -0.2) is 9.78 Å². The largest absolute Gasteiger partial charge is 0.360 e. The number of aromatic nitrogens is 2. The van der Waals surface area contributed by atoms with Crippen LogP contribution in [0.3, 0.4) is 0 Å². The zero-order chi connectivity index (χ0) is 19.0. The van der Waals surface area contributed by atoms with Gasteiger partial charge in [0, 0.05) is 11.2 Å². The number of halogens is 5. The lowest BCUT2D eigenvalue weighted by Gasteiger charge is -2.07. The van der Waals surface area contributed by atoms with Gasteiger partial charge < -0.3 is 5.32 Å². The van der Waals surface area contributed by atoms with Crippen LogP contribution in [-0.2, 0) is 0 Å². The van der Waals surface area contributed by atoms with Crippen molar-refractivity contribution in [1.29, 1.82) is 0 Å². The van der Waals surface area contributed by atoms with E-state index in [1.165, 1.54) is 23.0 Å². The average Bonchev–Trinajstić information content (AvgIpc) is 2.83. The molecule has 0 unspecified atom stereocenters. The van der Waals surface area contributed by atoms with Gasteiger partial charge in [-0.25, -0.2) is 4.68 Å². The van der Waals surface area contributed by atoms with Crippen molar-refractivity contribution < 1.29 is 0 Å². The van der Waals surface area contributed by atoms with Crippen molar-refractivity contribution in [2.45, 2.75) is 0 Å². The number of rotatable bonds is 3. The molecule has 0 radical (unpaired) electrons. The SMILES string of the molecule is C=c1[nH]n(-c2c(Cl)cc(Cl)cc2Cl)c(=O)c1=CNc1cccc(Cl)c1Cl. The van der Waals surface area contributed by atoms with Gasteiger partial charge >= 0.3 is 0 Å². The molecule has 0 atom stereocenters. The molecule has 0 aliphatic heterocycles. The minimum absolute atomic E-state index is 0.225. The third kappa shape index (κ3) is 3.61. The van der Waals surface area contributed by atoms with E-state index in [-0.39, 0.29) is 21.0 Å². The van der Waals surface area contributed by atoms with Crippen LogP contribution < -0.4 is 21.4 Å². The molecule has 0 aliphatic rings. The summed E-state index contributed by atoms with van der Waals surface area (Å²) in [5.41, 5.74) is 0.438. The van der Waals surface area contributed by atoms with Crippen molar-refractivity contribution in [1.82, 2.24) is 9.78 Å². The lowest BCUT2D eigenvalue weighted by Crippen LogP contribution is -2.35. The number of hydrogen-bond donors (Lipinski definition) is 2. The van der Waals surface area contributed by atoms with Crippen LogP contribution in [0.2, 0.25) is 25.1 Å². The van der Waals surface area contributed by atoms with Crippen LogP contribution in [0, 0.1) is 0 Å². The van der Waals surface area contributed by atoms with Crippen LogP contribution in [0.5, 0.6) is 0 Å². The van der Waals surface area contributed by atoms with Crippen molar-refractivity contribution in [3.63, 3.8) is 0 Å². The van der Waals surface area contributed by atoms with Gasteiger partial charge in [-0.1, -0.05) is 70.7 Å². The van der Waals surface area contributed by atoms with E-state index in [0.717, 1.165) is 0 Å². The van der Waals surface area contributed by atoms with Gasteiger partial charge in [0.2, 0.25) is 0 Å². The molecule has 0 bridgehead atoms. The van der Waals surface area contributed by atoms with Crippen LogP contribution in [0.1, 0.15) is 0 Å². The Morgan fingerprint density at radius 3 is 2.35 bits per heavy atom. The zero-order valence-corrected chi connectivity index (χ0v) is 16.7. The lowest BCUT2D eigenvalue weighted by atomic mass is 10.3. The van der Waals surface area contributed by atoms with E-state index in [1.807, 2.05) is 0 Å².